The Morgan fingerprint density at radius 3 is 2.52 bits per heavy atom. The van der Waals surface area contributed by atoms with Crippen LogP contribution in [-0.2, 0) is 5.41 Å². The summed E-state index contributed by atoms with van der Waals surface area (Å²) in [7, 11) is 0. The van der Waals surface area contributed by atoms with Gasteiger partial charge in [0.1, 0.15) is 11.5 Å². The van der Waals surface area contributed by atoms with E-state index in [4.69, 9.17) is 0 Å². The van der Waals surface area contributed by atoms with Crippen molar-refractivity contribution in [1.82, 2.24) is 24.8 Å². The van der Waals surface area contributed by atoms with Gasteiger partial charge in [-0.05, 0) is 57.6 Å². The molecule has 0 aliphatic carbocycles. The lowest BCUT2D eigenvalue weighted by Gasteiger charge is -2.19. The van der Waals surface area contributed by atoms with Crippen LogP contribution in [0.4, 0.5) is 4.39 Å². The van der Waals surface area contributed by atoms with Crippen molar-refractivity contribution in [2.24, 2.45) is 0 Å². The Balaban J connectivity index is 1.90. The molecule has 0 fully saturated rings. The molecule has 0 saturated heterocycles. The van der Waals surface area contributed by atoms with Crippen molar-refractivity contribution in [3.8, 4) is 11.3 Å². The molecule has 2 aromatic heterocycles. The zero-order valence-electron chi connectivity index (χ0n) is 20.7. The maximum absolute atomic E-state index is 14.7. The molecular formula is C26H36FN5O. The Hall–Kier alpha value is -2.80. The first-order valence-electron chi connectivity index (χ1n) is 11.8. The van der Waals surface area contributed by atoms with Crippen molar-refractivity contribution in [2.45, 2.75) is 65.8 Å². The summed E-state index contributed by atoms with van der Waals surface area (Å²) in [4.78, 5) is 20.0. The van der Waals surface area contributed by atoms with E-state index in [0.717, 1.165) is 38.2 Å². The molecule has 3 aromatic rings. The average Bonchev–Trinajstić information content (AvgIpc) is 3.21. The molecule has 1 atom stereocenters. The maximum atomic E-state index is 14.7. The van der Waals surface area contributed by atoms with Gasteiger partial charge in [-0.15, -0.1) is 0 Å². The van der Waals surface area contributed by atoms with Crippen LogP contribution in [0, 0.1) is 5.82 Å². The predicted molar refractivity (Wildman–Crippen MR) is 131 cm³/mol. The van der Waals surface area contributed by atoms with Gasteiger partial charge >= 0.3 is 0 Å². The fraction of sp³-hybridized carbons (Fsp3) is 0.500. The molecule has 1 N–H and O–H groups in total. The largest absolute Gasteiger partial charge is 0.348 e. The minimum absolute atomic E-state index is 0.0121. The highest BCUT2D eigenvalue weighted by atomic mass is 19.1. The van der Waals surface area contributed by atoms with Crippen molar-refractivity contribution >= 4 is 11.6 Å². The lowest BCUT2D eigenvalue weighted by molar-refractivity contribution is 0.0932. The maximum Gasteiger partial charge on any atom is 0.270 e. The standard InChI is InChI=1S/C26H36FN5O/c1-7-31(8-2)15-11-12-18(3)28-25(33)21-16-22(19-13-9-10-14-20(19)27)32-24(29-21)17-23(30-32)26(4,5)6/h9-10,13-14,16-18H,7-8,11-12,15H2,1-6H3,(H,28,33). The highest BCUT2D eigenvalue weighted by molar-refractivity contribution is 5.94. The van der Waals surface area contributed by atoms with Crippen LogP contribution in [0.3, 0.4) is 0 Å². The van der Waals surface area contributed by atoms with Gasteiger partial charge in [-0.25, -0.2) is 13.9 Å². The summed E-state index contributed by atoms with van der Waals surface area (Å²) < 4.78 is 16.3. The van der Waals surface area contributed by atoms with Gasteiger partial charge in [0.25, 0.3) is 5.91 Å². The van der Waals surface area contributed by atoms with Gasteiger partial charge in [0.15, 0.2) is 5.65 Å². The summed E-state index contributed by atoms with van der Waals surface area (Å²) in [5.74, 6) is -0.627. The number of fused-ring (bicyclic) bond motifs is 1. The second kappa shape index (κ2) is 10.4. The van der Waals surface area contributed by atoms with Crippen LogP contribution >= 0.6 is 0 Å². The van der Waals surface area contributed by atoms with E-state index in [0.29, 0.717) is 16.9 Å². The smallest absolute Gasteiger partial charge is 0.270 e. The van der Waals surface area contributed by atoms with Gasteiger partial charge < -0.3 is 10.2 Å². The molecule has 1 amide bonds. The molecule has 0 aliphatic heterocycles. The lowest BCUT2D eigenvalue weighted by Crippen LogP contribution is -2.34. The van der Waals surface area contributed by atoms with Gasteiger partial charge in [-0.2, -0.15) is 5.10 Å². The summed E-state index contributed by atoms with van der Waals surface area (Å²) in [6.45, 7) is 15.6. The first-order valence-corrected chi connectivity index (χ1v) is 11.8. The number of carbonyl (C=O) groups is 1. The third kappa shape index (κ3) is 5.96. The molecule has 1 unspecified atom stereocenters. The number of aromatic nitrogens is 3. The first kappa shape index (κ1) is 24.8. The summed E-state index contributed by atoms with van der Waals surface area (Å²) in [5, 5.41) is 7.74. The fourth-order valence-corrected chi connectivity index (χ4v) is 3.85. The van der Waals surface area contributed by atoms with E-state index in [-0.39, 0.29) is 28.9 Å². The fourth-order valence-electron chi connectivity index (χ4n) is 3.85. The molecule has 7 heteroatoms. The molecule has 0 bridgehead atoms. The topological polar surface area (TPSA) is 62.5 Å². The minimum Gasteiger partial charge on any atom is -0.348 e. The number of nitrogens with zero attached hydrogens (tertiary/aromatic N) is 4. The van der Waals surface area contributed by atoms with E-state index in [9.17, 15) is 9.18 Å². The Labute approximate surface area is 196 Å². The minimum atomic E-state index is -0.367. The number of halogens is 1. The van der Waals surface area contributed by atoms with Crippen LogP contribution < -0.4 is 5.32 Å². The van der Waals surface area contributed by atoms with E-state index in [2.05, 4.69) is 54.9 Å². The second-order valence-corrected chi connectivity index (χ2v) is 9.60. The highest BCUT2D eigenvalue weighted by Crippen LogP contribution is 2.27. The Morgan fingerprint density at radius 2 is 1.88 bits per heavy atom. The Morgan fingerprint density at radius 1 is 1.18 bits per heavy atom. The predicted octanol–water partition coefficient (Wildman–Crippen LogP) is 5.07. The van der Waals surface area contributed by atoms with Gasteiger partial charge in [0.2, 0.25) is 0 Å². The molecule has 0 radical (unpaired) electrons. The van der Waals surface area contributed by atoms with E-state index in [1.54, 1.807) is 28.8 Å². The number of amides is 1. The van der Waals surface area contributed by atoms with Crippen LogP contribution in [-0.4, -0.2) is 51.1 Å². The molecule has 3 rings (SSSR count). The number of benzene rings is 1. The molecule has 1 aromatic carbocycles. The zero-order valence-corrected chi connectivity index (χ0v) is 20.7. The molecule has 2 heterocycles. The van der Waals surface area contributed by atoms with Crippen molar-refractivity contribution < 1.29 is 9.18 Å². The van der Waals surface area contributed by atoms with Crippen LogP contribution in [0.5, 0.6) is 0 Å². The van der Waals surface area contributed by atoms with Crippen LogP contribution in [0.1, 0.15) is 70.6 Å². The second-order valence-electron chi connectivity index (χ2n) is 9.60. The van der Waals surface area contributed by atoms with Crippen LogP contribution in [0.2, 0.25) is 0 Å². The van der Waals surface area contributed by atoms with E-state index >= 15 is 0 Å². The van der Waals surface area contributed by atoms with Gasteiger partial charge in [-0.1, -0.05) is 46.8 Å². The third-order valence-corrected chi connectivity index (χ3v) is 5.96. The Bertz CT molecular complexity index is 1100. The molecular weight excluding hydrogens is 417 g/mol. The van der Waals surface area contributed by atoms with Crippen molar-refractivity contribution in [3.05, 3.63) is 53.6 Å². The molecule has 0 spiro atoms. The SMILES string of the molecule is CCN(CC)CCCC(C)NC(=O)c1cc(-c2ccccc2F)n2nc(C(C)(C)C)cc2n1. The lowest BCUT2D eigenvalue weighted by atomic mass is 9.93. The van der Waals surface area contributed by atoms with Crippen molar-refractivity contribution in [2.75, 3.05) is 19.6 Å². The number of hydrogen-bond donors (Lipinski definition) is 1. The molecule has 0 saturated carbocycles. The summed E-state index contributed by atoms with van der Waals surface area (Å²) >= 11 is 0. The quantitative estimate of drug-likeness (QED) is 0.491. The van der Waals surface area contributed by atoms with E-state index in [1.165, 1.54) is 6.07 Å². The molecule has 6 nitrogen and oxygen atoms in total. The number of rotatable bonds is 9. The normalized spacial score (nSPS) is 13.0. The Kier molecular flexibility index (Phi) is 7.84. The monoisotopic (exact) mass is 453 g/mol. The number of hydrogen-bond acceptors (Lipinski definition) is 4. The van der Waals surface area contributed by atoms with E-state index < -0.39 is 0 Å². The van der Waals surface area contributed by atoms with Gasteiger partial charge in [-0.3, -0.25) is 4.79 Å². The first-order chi connectivity index (χ1) is 15.6. The van der Waals surface area contributed by atoms with E-state index in [1.807, 2.05) is 13.0 Å². The number of carbonyl (C=O) groups excluding carboxylic acids is 1. The highest BCUT2D eigenvalue weighted by Gasteiger charge is 2.22. The zero-order chi connectivity index (χ0) is 24.2. The molecule has 33 heavy (non-hydrogen) atoms. The summed E-state index contributed by atoms with van der Waals surface area (Å²) in [6, 6.07) is 10.0. The average molecular weight is 454 g/mol. The van der Waals surface area contributed by atoms with Gasteiger partial charge in [0, 0.05) is 23.1 Å². The van der Waals surface area contributed by atoms with Crippen molar-refractivity contribution in [1.29, 1.82) is 0 Å². The van der Waals surface area contributed by atoms with Crippen LogP contribution in [0.15, 0.2) is 36.4 Å². The third-order valence-electron chi connectivity index (χ3n) is 5.96. The van der Waals surface area contributed by atoms with Gasteiger partial charge in [0.05, 0.1) is 11.4 Å². The van der Waals surface area contributed by atoms with Crippen molar-refractivity contribution in [3.63, 3.8) is 0 Å². The molecule has 178 valence electrons. The van der Waals surface area contributed by atoms with Crippen LogP contribution in [0.25, 0.3) is 16.9 Å². The summed E-state index contributed by atoms with van der Waals surface area (Å²) in [5.41, 5.74) is 2.30. The number of nitrogens with one attached hydrogen (secondary N) is 1. The molecule has 0 aliphatic rings. The summed E-state index contributed by atoms with van der Waals surface area (Å²) in [6.07, 6.45) is 1.89.